The smallest absolute Gasteiger partial charge is 0.312 e. The molecule has 0 spiro atoms. The normalized spacial score (nSPS) is 15.3. The molecular formula is C12H10F3N3S. The summed E-state index contributed by atoms with van der Waals surface area (Å²) >= 11 is 1.41. The van der Waals surface area contributed by atoms with Crippen LogP contribution in [0.3, 0.4) is 0 Å². The van der Waals surface area contributed by atoms with Crippen LogP contribution in [-0.4, -0.2) is 16.5 Å². The van der Waals surface area contributed by atoms with E-state index in [2.05, 4.69) is 15.3 Å². The number of nitrogens with zero attached hydrogens (tertiary/aromatic N) is 2. The molecule has 2 aromatic heterocycles. The molecule has 3 heterocycles. The van der Waals surface area contributed by atoms with E-state index in [-0.39, 0.29) is 17.9 Å². The van der Waals surface area contributed by atoms with E-state index in [0.29, 0.717) is 24.2 Å². The van der Waals surface area contributed by atoms with Crippen molar-refractivity contribution in [3.63, 3.8) is 0 Å². The van der Waals surface area contributed by atoms with Crippen molar-refractivity contribution in [1.29, 1.82) is 0 Å². The fourth-order valence-electron chi connectivity index (χ4n) is 2.10. The second-order valence-corrected chi connectivity index (χ2v) is 5.04. The minimum absolute atomic E-state index is 0.161. The van der Waals surface area contributed by atoms with E-state index in [1.54, 1.807) is 16.8 Å². The van der Waals surface area contributed by atoms with Gasteiger partial charge >= 0.3 is 6.18 Å². The van der Waals surface area contributed by atoms with Crippen molar-refractivity contribution >= 4 is 11.3 Å². The fraction of sp³-hybridized carbons (Fsp3) is 0.333. The Kier molecular flexibility index (Phi) is 3.02. The molecular weight excluding hydrogens is 275 g/mol. The number of rotatable bonds is 1. The number of hydrogen-bond donors (Lipinski definition) is 1. The molecule has 1 aliphatic heterocycles. The van der Waals surface area contributed by atoms with Crippen molar-refractivity contribution < 1.29 is 13.2 Å². The second-order valence-electron chi connectivity index (χ2n) is 4.26. The molecule has 19 heavy (non-hydrogen) atoms. The summed E-state index contributed by atoms with van der Waals surface area (Å²) in [6.45, 7) is 0.818. The first kappa shape index (κ1) is 12.6. The molecule has 0 radical (unpaired) electrons. The van der Waals surface area contributed by atoms with E-state index >= 15 is 0 Å². The minimum Gasteiger partial charge on any atom is -0.312 e. The van der Waals surface area contributed by atoms with Gasteiger partial charge in [-0.1, -0.05) is 0 Å². The van der Waals surface area contributed by atoms with Gasteiger partial charge in [-0.25, -0.2) is 9.97 Å². The van der Waals surface area contributed by atoms with Gasteiger partial charge in [0.05, 0.1) is 5.69 Å². The third-order valence-electron chi connectivity index (χ3n) is 2.98. The Morgan fingerprint density at radius 2 is 2.11 bits per heavy atom. The van der Waals surface area contributed by atoms with Gasteiger partial charge in [-0.15, -0.1) is 0 Å². The maximum Gasteiger partial charge on any atom is 0.433 e. The second kappa shape index (κ2) is 4.57. The van der Waals surface area contributed by atoms with Crippen molar-refractivity contribution in [2.24, 2.45) is 0 Å². The molecule has 1 aliphatic rings. The minimum atomic E-state index is -4.45. The van der Waals surface area contributed by atoms with Gasteiger partial charge in [-0.3, -0.25) is 0 Å². The first-order chi connectivity index (χ1) is 9.05. The Bertz CT molecular complexity index is 593. The molecule has 3 rings (SSSR count). The zero-order chi connectivity index (χ0) is 13.5. The highest BCUT2D eigenvalue weighted by molar-refractivity contribution is 7.08. The third kappa shape index (κ3) is 2.35. The Hall–Kier alpha value is -1.47. The lowest BCUT2D eigenvalue weighted by Gasteiger charge is -2.21. The van der Waals surface area contributed by atoms with E-state index in [1.165, 1.54) is 11.3 Å². The number of alkyl halides is 3. The molecule has 100 valence electrons. The van der Waals surface area contributed by atoms with Gasteiger partial charge in [0.1, 0.15) is 0 Å². The topological polar surface area (TPSA) is 37.8 Å². The maximum absolute atomic E-state index is 13.1. The molecule has 0 saturated carbocycles. The predicted octanol–water partition coefficient (Wildman–Crippen LogP) is 2.87. The number of thiophene rings is 1. The Balaban J connectivity index is 2.19. The molecule has 0 fully saturated rings. The van der Waals surface area contributed by atoms with E-state index in [0.717, 1.165) is 0 Å². The van der Waals surface area contributed by atoms with Crippen LogP contribution in [0.15, 0.2) is 16.8 Å². The summed E-state index contributed by atoms with van der Waals surface area (Å²) in [6.07, 6.45) is -3.95. The van der Waals surface area contributed by atoms with Crippen LogP contribution in [-0.2, 0) is 19.1 Å². The van der Waals surface area contributed by atoms with Crippen LogP contribution >= 0.6 is 11.3 Å². The van der Waals surface area contributed by atoms with Crippen LogP contribution in [0.2, 0.25) is 0 Å². The molecule has 0 bridgehead atoms. The Morgan fingerprint density at radius 3 is 2.79 bits per heavy atom. The molecule has 0 amide bonds. The van der Waals surface area contributed by atoms with Gasteiger partial charge in [-0.05, 0) is 11.4 Å². The summed E-state index contributed by atoms with van der Waals surface area (Å²) in [5, 5.41) is 6.48. The number of hydrogen-bond acceptors (Lipinski definition) is 4. The van der Waals surface area contributed by atoms with Crippen molar-refractivity contribution in [2.45, 2.75) is 19.1 Å². The standard InChI is InChI=1S/C12H10F3N3S/c13-12(14,15)10-8-5-16-3-1-9(8)17-11(18-10)7-2-4-19-6-7/h2,4,6,16H,1,3,5H2. The number of aromatic nitrogens is 2. The molecule has 0 aliphatic carbocycles. The summed E-state index contributed by atoms with van der Waals surface area (Å²) in [6, 6.07) is 1.73. The highest BCUT2D eigenvalue weighted by atomic mass is 32.1. The van der Waals surface area contributed by atoms with Crippen LogP contribution in [0.25, 0.3) is 11.4 Å². The average Bonchev–Trinajstić information content (AvgIpc) is 2.90. The van der Waals surface area contributed by atoms with E-state index in [9.17, 15) is 13.2 Å². The van der Waals surface area contributed by atoms with Gasteiger partial charge in [0.25, 0.3) is 0 Å². The zero-order valence-corrected chi connectivity index (χ0v) is 10.6. The fourth-order valence-corrected chi connectivity index (χ4v) is 2.73. The number of nitrogens with one attached hydrogen (secondary N) is 1. The van der Waals surface area contributed by atoms with E-state index in [1.807, 2.05) is 0 Å². The lowest BCUT2D eigenvalue weighted by Crippen LogP contribution is -2.29. The molecule has 2 aromatic rings. The summed E-state index contributed by atoms with van der Waals surface area (Å²) in [7, 11) is 0. The largest absolute Gasteiger partial charge is 0.433 e. The van der Waals surface area contributed by atoms with Crippen LogP contribution < -0.4 is 5.32 Å². The zero-order valence-electron chi connectivity index (χ0n) is 9.79. The first-order valence-corrected chi connectivity index (χ1v) is 6.70. The summed E-state index contributed by atoms with van der Waals surface area (Å²) in [5.74, 6) is 0.161. The molecule has 1 N–H and O–H groups in total. The van der Waals surface area contributed by atoms with Crippen molar-refractivity contribution in [3.8, 4) is 11.4 Å². The number of fused-ring (bicyclic) bond motifs is 1. The van der Waals surface area contributed by atoms with Crippen LogP contribution in [0, 0.1) is 0 Å². The molecule has 0 atom stereocenters. The van der Waals surface area contributed by atoms with E-state index < -0.39 is 11.9 Å². The van der Waals surface area contributed by atoms with Gasteiger partial charge in [-0.2, -0.15) is 24.5 Å². The summed E-state index contributed by atoms with van der Waals surface area (Å²) < 4.78 is 39.2. The highest BCUT2D eigenvalue weighted by Gasteiger charge is 2.38. The lowest BCUT2D eigenvalue weighted by molar-refractivity contribution is -0.142. The number of halogens is 3. The van der Waals surface area contributed by atoms with Crippen molar-refractivity contribution in [2.75, 3.05) is 6.54 Å². The summed E-state index contributed by atoms with van der Waals surface area (Å²) in [4.78, 5) is 8.02. The molecule has 3 nitrogen and oxygen atoms in total. The van der Waals surface area contributed by atoms with E-state index in [4.69, 9.17) is 0 Å². The monoisotopic (exact) mass is 285 g/mol. The quantitative estimate of drug-likeness (QED) is 0.875. The van der Waals surface area contributed by atoms with Gasteiger partial charge in [0.15, 0.2) is 11.5 Å². The molecule has 0 aromatic carbocycles. The Morgan fingerprint density at radius 1 is 1.26 bits per heavy atom. The van der Waals surface area contributed by atoms with Gasteiger partial charge in [0.2, 0.25) is 0 Å². The predicted molar refractivity (Wildman–Crippen MR) is 65.8 cm³/mol. The van der Waals surface area contributed by atoms with Crippen LogP contribution in [0.1, 0.15) is 17.0 Å². The molecule has 0 saturated heterocycles. The Labute approximate surface area is 111 Å². The maximum atomic E-state index is 13.1. The average molecular weight is 285 g/mol. The molecule has 7 heteroatoms. The highest BCUT2D eigenvalue weighted by Crippen LogP contribution is 2.34. The first-order valence-electron chi connectivity index (χ1n) is 5.76. The summed E-state index contributed by atoms with van der Waals surface area (Å²) in [5.41, 5.74) is 0.503. The SMILES string of the molecule is FC(F)(F)c1nc(-c2ccsc2)nc2c1CNCC2. The van der Waals surface area contributed by atoms with Crippen LogP contribution in [0.4, 0.5) is 13.2 Å². The molecule has 0 unspecified atom stereocenters. The van der Waals surface area contributed by atoms with Gasteiger partial charge in [0, 0.05) is 36.0 Å². The van der Waals surface area contributed by atoms with Gasteiger partial charge < -0.3 is 5.32 Å². The van der Waals surface area contributed by atoms with Crippen LogP contribution in [0.5, 0.6) is 0 Å². The van der Waals surface area contributed by atoms with Crippen molar-refractivity contribution in [1.82, 2.24) is 15.3 Å². The van der Waals surface area contributed by atoms with Crippen molar-refractivity contribution in [3.05, 3.63) is 33.8 Å². The third-order valence-corrected chi connectivity index (χ3v) is 3.66. The lowest BCUT2D eigenvalue weighted by atomic mass is 10.0.